The summed E-state index contributed by atoms with van der Waals surface area (Å²) in [7, 11) is 0. The lowest BCUT2D eigenvalue weighted by Crippen LogP contribution is -1.90. The molecule has 2 rings (SSSR count). The van der Waals surface area contributed by atoms with Crippen LogP contribution in [-0.4, -0.2) is 16.3 Å². The second-order valence-electron chi connectivity index (χ2n) is 2.94. The van der Waals surface area contributed by atoms with Crippen LogP contribution < -0.4 is 0 Å². The Hall–Kier alpha value is -1.74. The Labute approximate surface area is 91.8 Å². The maximum absolute atomic E-state index is 10.8. The lowest BCUT2D eigenvalue weighted by Gasteiger charge is -2.03. The van der Waals surface area contributed by atoms with E-state index in [4.69, 9.17) is 11.6 Å². The average Bonchev–Trinajstić information content (AvgIpc) is 2.30. The number of rotatable bonds is 2. The van der Waals surface area contributed by atoms with Crippen LogP contribution >= 0.6 is 11.6 Å². The van der Waals surface area contributed by atoms with Crippen LogP contribution in [0.25, 0.3) is 11.3 Å². The van der Waals surface area contributed by atoms with Gasteiger partial charge in [0.2, 0.25) is 0 Å². The van der Waals surface area contributed by atoms with E-state index in [2.05, 4.69) is 9.97 Å². The van der Waals surface area contributed by atoms with E-state index >= 15 is 0 Å². The van der Waals surface area contributed by atoms with Gasteiger partial charge in [-0.15, -0.1) is 0 Å². The van der Waals surface area contributed by atoms with Crippen LogP contribution in [-0.2, 0) is 0 Å². The molecule has 1 aromatic carbocycles. The number of halogens is 1. The van der Waals surface area contributed by atoms with Crippen molar-refractivity contribution in [2.75, 3.05) is 0 Å². The van der Waals surface area contributed by atoms with Crippen molar-refractivity contribution in [1.82, 2.24) is 9.97 Å². The van der Waals surface area contributed by atoms with E-state index in [9.17, 15) is 4.79 Å². The molecule has 0 aliphatic rings. The van der Waals surface area contributed by atoms with Gasteiger partial charge in [0.05, 0.1) is 11.9 Å². The van der Waals surface area contributed by atoms with Gasteiger partial charge in [0, 0.05) is 28.5 Å². The van der Waals surface area contributed by atoms with Gasteiger partial charge in [-0.2, -0.15) is 0 Å². The van der Waals surface area contributed by atoms with Crippen molar-refractivity contribution in [2.24, 2.45) is 0 Å². The molecule has 74 valence electrons. The number of nitrogens with zero attached hydrogens (tertiary/aromatic N) is 2. The molecule has 0 saturated carbocycles. The van der Waals surface area contributed by atoms with Crippen molar-refractivity contribution in [3.8, 4) is 11.3 Å². The zero-order valence-electron chi connectivity index (χ0n) is 7.72. The fraction of sp³-hybridized carbons (Fsp3) is 0. The van der Waals surface area contributed by atoms with E-state index in [0.29, 0.717) is 16.3 Å². The van der Waals surface area contributed by atoms with E-state index in [1.54, 1.807) is 36.8 Å². The summed E-state index contributed by atoms with van der Waals surface area (Å²) in [4.78, 5) is 18.9. The number of hydrogen-bond acceptors (Lipinski definition) is 3. The van der Waals surface area contributed by atoms with Gasteiger partial charge >= 0.3 is 0 Å². The van der Waals surface area contributed by atoms with E-state index in [1.165, 1.54) is 0 Å². The molecule has 0 aliphatic carbocycles. The van der Waals surface area contributed by atoms with Crippen LogP contribution in [0.15, 0.2) is 36.8 Å². The van der Waals surface area contributed by atoms with Crippen LogP contribution in [0.4, 0.5) is 0 Å². The average molecular weight is 219 g/mol. The molecule has 0 N–H and O–H groups in total. The maximum atomic E-state index is 10.8. The number of carbonyl (C=O) groups excluding carboxylic acids is 1. The van der Waals surface area contributed by atoms with Crippen LogP contribution in [0.2, 0.25) is 5.02 Å². The highest BCUT2D eigenvalue weighted by Gasteiger charge is 2.05. The second kappa shape index (κ2) is 4.19. The Bertz CT molecular complexity index is 485. The Morgan fingerprint density at radius 3 is 2.80 bits per heavy atom. The van der Waals surface area contributed by atoms with Gasteiger partial charge in [0.1, 0.15) is 0 Å². The Balaban J connectivity index is 2.58. The molecule has 1 heterocycles. The van der Waals surface area contributed by atoms with Gasteiger partial charge in [-0.1, -0.05) is 17.7 Å². The first-order valence-corrected chi connectivity index (χ1v) is 4.70. The topological polar surface area (TPSA) is 42.9 Å². The zero-order valence-corrected chi connectivity index (χ0v) is 8.48. The summed E-state index contributed by atoms with van der Waals surface area (Å²) in [5, 5.41) is 0.532. The van der Waals surface area contributed by atoms with E-state index in [1.807, 2.05) is 0 Å². The zero-order chi connectivity index (χ0) is 10.7. The molecule has 0 amide bonds. The third-order valence-electron chi connectivity index (χ3n) is 1.98. The number of benzene rings is 1. The molecule has 4 heteroatoms. The van der Waals surface area contributed by atoms with E-state index in [-0.39, 0.29) is 0 Å². The fourth-order valence-electron chi connectivity index (χ4n) is 1.30. The highest BCUT2D eigenvalue weighted by atomic mass is 35.5. The molecule has 0 radical (unpaired) electrons. The van der Waals surface area contributed by atoms with E-state index < -0.39 is 0 Å². The number of aromatic nitrogens is 2. The van der Waals surface area contributed by atoms with Crippen LogP contribution in [0.1, 0.15) is 10.4 Å². The van der Waals surface area contributed by atoms with Crippen molar-refractivity contribution in [1.29, 1.82) is 0 Å². The second-order valence-corrected chi connectivity index (χ2v) is 3.38. The fourth-order valence-corrected chi connectivity index (χ4v) is 1.48. The summed E-state index contributed by atoms with van der Waals surface area (Å²) in [5.74, 6) is 0. The van der Waals surface area contributed by atoms with E-state index in [0.717, 1.165) is 11.8 Å². The highest BCUT2D eigenvalue weighted by Crippen LogP contribution is 2.22. The molecule has 0 atom stereocenters. The molecule has 0 unspecified atom stereocenters. The summed E-state index contributed by atoms with van der Waals surface area (Å²) in [6.45, 7) is 0. The van der Waals surface area contributed by atoms with Crippen molar-refractivity contribution in [3.05, 3.63) is 47.4 Å². The minimum absolute atomic E-state index is 0.517. The quantitative estimate of drug-likeness (QED) is 0.728. The molecular weight excluding hydrogens is 212 g/mol. The minimum Gasteiger partial charge on any atom is -0.298 e. The first-order valence-electron chi connectivity index (χ1n) is 4.32. The maximum Gasteiger partial charge on any atom is 0.150 e. The Kier molecular flexibility index (Phi) is 2.74. The third kappa shape index (κ3) is 2.02. The molecule has 0 spiro atoms. The molecule has 15 heavy (non-hydrogen) atoms. The Morgan fingerprint density at radius 1 is 1.27 bits per heavy atom. The van der Waals surface area contributed by atoms with Gasteiger partial charge in [0.15, 0.2) is 6.29 Å². The smallest absolute Gasteiger partial charge is 0.150 e. The molecule has 2 aromatic rings. The largest absolute Gasteiger partial charge is 0.298 e. The summed E-state index contributed by atoms with van der Waals surface area (Å²) in [6.07, 6.45) is 5.53. The first kappa shape index (κ1) is 9.80. The van der Waals surface area contributed by atoms with Crippen molar-refractivity contribution < 1.29 is 4.79 Å². The SMILES string of the molecule is O=Cc1cc(Cl)ccc1-c1cnccn1. The van der Waals surface area contributed by atoms with Crippen molar-refractivity contribution >= 4 is 17.9 Å². The van der Waals surface area contributed by atoms with Crippen LogP contribution in [0.3, 0.4) is 0 Å². The van der Waals surface area contributed by atoms with Gasteiger partial charge in [-0.25, -0.2) is 0 Å². The molecule has 0 aliphatic heterocycles. The third-order valence-corrected chi connectivity index (χ3v) is 2.21. The lowest BCUT2D eigenvalue weighted by atomic mass is 10.1. The normalized spacial score (nSPS) is 9.93. The summed E-state index contributed by atoms with van der Waals surface area (Å²) >= 11 is 5.79. The minimum atomic E-state index is 0.517. The lowest BCUT2D eigenvalue weighted by molar-refractivity contribution is 0.112. The standard InChI is InChI=1S/C11H7ClN2O/c12-9-1-2-10(8(5-9)7-15)11-6-13-3-4-14-11/h1-7H. The van der Waals surface area contributed by atoms with Gasteiger partial charge in [-0.3, -0.25) is 14.8 Å². The molecule has 0 saturated heterocycles. The predicted molar refractivity (Wildman–Crippen MR) is 57.9 cm³/mol. The van der Waals surface area contributed by atoms with Gasteiger partial charge in [0.25, 0.3) is 0 Å². The number of carbonyl (C=O) groups is 1. The molecule has 3 nitrogen and oxygen atoms in total. The monoisotopic (exact) mass is 218 g/mol. The number of aldehydes is 1. The van der Waals surface area contributed by atoms with Gasteiger partial charge in [-0.05, 0) is 12.1 Å². The summed E-state index contributed by atoms with van der Waals surface area (Å²) in [6, 6.07) is 5.09. The Morgan fingerprint density at radius 2 is 2.13 bits per heavy atom. The highest BCUT2D eigenvalue weighted by molar-refractivity contribution is 6.31. The van der Waals surface area contributed by atoms with Crippen molar-refractivity contribution in [2.45, 2.75) is 0 Å². The molecule has 0 fully saturated rings. The molecule has 1 aromatic heterocycles. The number of hydrogen-bond donors (Lipinski definition) is 0. The van der Waals surface area contributed by atoms with Crippen LogP contribution in [0, 0.1) is 0 Å². The van der Waals surface area contributed by atoms with Crippen LogP contribution in [0.5, 0.6) is 0 Å². The first-order chi connectivity index (χ1) is 7.31. The molecule has 0 bridgehead atoms. The molecular formula is C11H7ClN2O. The predicted octanol–water partition coefficient (Wildman–Crippen LogP) is 2.61. The van der Waals surface area contributed by atoms with Gasteiger partial charge < -0.3 is 0 Å². The summed E-state index contributed by atoms with van der Waals surface area (Å²) in [5.41, 5.74) is 1.92. The summed E-state index contributed by atoms with van der Waals surface area (Å²) < 4.78 is 0. The van der Waals surface area contributed by atoms with Crippen molar-refractivity contribution in [3.63, 3.8) is 0 Å².